The first-order valence-electron chi connectivity index (χ1n) is 5.84. The zero-order valence-corrected chi connectivity index (χ0v) is 10.0. The van der Waals surface area contributed by atoms with Crippen LogP contribution in [0.4, 0.5) is 0 Å². The zero-order valence-electron chi connectivity index (χ0n) is 10.0. The van der Waals surface area contributed by atoms with Crippen molar-refractivity contribution in [3.05, 3.63) is 59.7 Å². The molecule has 0 aliphatic rings. The quantitative estimate of drug-likeness (QED) is 0.776. The van der Waals surface area contributed by atoms with Crippen LogP contribution in [0.3, 0.4) is 0 Å². The monoisotopic (exact) mass is 253 g/mol. The van der Waals surface area contributed by atoms with Crippen LogP contribution in [0.2, 0.25) is 0 Å². The van der Waals surface area contributed by atoms with Crippen LogP contribution in [0.5, 0.6) is 0 Å². The highest BCUT2D eigenvalue weighted by atomic mass is 16.4. The summed E-state index contributed by atoms with van der Waals surface area (Å²) in [6.45, 7) is 0.615. The topological polar surface area (TPSA) is 68.0 Å². The molecule has 94 valence electrons. The fraction of sp³-hybridized carbons (Fsp3) is 0.0714. The maximum Gasteiger partial charge on any atom is 0.335 e. The lowest BCUT2D eigenvalue weighted by molar-refractivity contribution is 0.0697. The predicted molar refractivity (Wildman–Crippen MR) is 70.0 cm³/mol. The molecule has 0 aliphatic carbocycles. The Morgan fingerprint density at radius 3 is 2.68 bits per heavy atom. The molecule has 0 saturated carbocycles. The number of benzene rings is 2. The minimum atomic E-state index is -0.959. The summed E-state index contributed by atoms with van der Waals surface area (Å²) in [7, 11) is 0. The highest BCUT2D eigenvalue weighted by molar-refractivity contribution is 5.92. The van der Waals surface area contributed by atoms with Gasteiger partial charge in [-0.3, -0.25) is 0 Å². The van der Waals surface area contributed by atoms with Crippen molar-refractivity contribution in [1.29, 1.82) is 0 Å². The van der Waals surface area contributed by atoms with Crippen LogP contribution >= 0.6 is 0 Å². The van der Waals surface area contributed by atoms with Crippen molar-refractivity contribution in [1.82, 2.24) is 15.0 Å². The highest BCUT2D eigenvalue weighted by Gasteiger charge is 2.09. The Morgan fingerprint density at radius 2 is 1.95 bits per heavy atom. The van der Waals surface area contributed by atoms with Crippen LogP contribution in [0.1, 0.15) is 15.9 Å². The molecular formula is C14H11N3O2. The van der Waals surface area contributed by atoms with E-state index in [4.69, 9.17) is 5.11 Å². The lowest BCUT2D eigenvalue weighted by Crippen LogP contribution is -2.01. The van der Waals surface area contributed by atoms with Gasteiger partial charge in [0.25, 0.3) is 0 Å². The lowest BCUT2D eigenvalue weighted by Gasteiger charge is -2.02. The van der Waals surface area contributed by atoms with Crippen molar-refractivity contribution in [2.75, 3.05) is 0 Å². The van der Waals surface area contributed by atoms with Gasteiger partial charge in [0.15, 0.2) is 0 Å². The zero-order chi connectivity index (χ0) is 13.2. The van der Waals surface area contributed by atoms with Crippen molar-refractivity contribution < 1.29 is 9.90 Å². The van der Waals surface area contributed by atoms with Gasteiger partial charge in [-0.15, -0.1) is 5.10 Å². The molecule has 0 saturated heterocycles. The Kier molecular flexibility index (Phi) is 2.72. The van der Waals surface area contributed by atoms with Gasteiger partial charge in [-0.1, -0.05) is 35.5 Å². The van der Waals surface area contributed by atoms with Gasteiger partial charge in [-0.05, 0) is 23.8 Å². The van der Waals surface area contributed by atoms with Crippen LogP contribution in [-0.2, 0) is 6.54 Å². The number of nitrogens with zero attached hydrogens (tertiary/aromatic N) is 3. The Balaban J connectivity index is 1.99. The molecule has 1 aromatic heterocycles. The van der Waals surface area contributed by atoms with Crippen molar-refractivity contribution in [2.24, 2.45) is 0 Å². The number of carboxylic acid groups (broad SMARTS) is 1. The van der Waals surface area contributed by atoms with E-state index in [-0.39, 0.29) is 5.56 Å². The van der Waals surface area contributed by atoms with E-state index >= 15 is 0 Å². The van der Waals surface area contributed by atoms with Gasteiger partial charge in [0, 0.05) is 0 Å². The fourth-order valence-electron chi connectivity index (χ4n) is 1.98. The molecule has 19 heavy (non-hydrogen) atoms. The molecular weight excluding hydrogens is 242 g/mol. The number of aromatic carboxylic acids is 1. The summed E-state index contributed by atoms with van der Waals surface area (Å²) in [5, 5.41) is 17.0. The maximum absolute atomic E-state index is 10.9. The summed E-state index contributed by atoms with van der Waals surface area (Å²) >= 11 is 0. The van der Waals surface area contributed by atoms with Crippen LogP contribution in [0, 0.1) is 0 Å². The summed E-state index contributed by atoms with van der Waals surface area (Å²) in [5.74, 6) is -0.959. The summed E-state index contributed by atoms with van der Waals surface area (Å²) < 4.78 is 1.76. The van der Waals surface area contributed by atoms with Crippen LogP contribution in [0.15, 0.2) is 48.5 Å². The summed E-state index contributed by atoms with van der Waals surface area (Å²) in [5.41, 5.74) is 2.76. The van der Waals surface area contributed by atoms with Gasteiger partial charge in [0.1, 0.15) is 5.52 Å². The van der Waals surface area contributed by atoms with E-state index in [1.807, 2.05) is 30.3 Å². The van der Waals surface area contributed by atoms with Gasteiger partial charge >= 0.3 is 5.97 Å². The smallest absolute Gasteiger partial charge is 0.335 e. The van der Waals surface area contributed by atoms with Crippen molar-refractivity contribution in [3.8, 4) is 0 Å². The Bertz CT molecular complexity index is 735. The van der Waals surface area contributed by atoms with Crippen molar-refractivity contribution in [2.45, 2.75) is 6.54 Å². The second kappa shape index (κ2) is 4.53. The molecule has 0 fully saturated rings. The van der Waals surface area contributed by atoms with E-state index in [2.05, 4.69) is 10.3 Å². The number of fused-ring (bicyclic) bond motifs is 1. The van der Waals surface area contributed by atoms with E-state index in [0.717, 1.165) is 11.1 Å². The number of hydrogen-bond acceptors (Lipinski definition) is 3. The SMILES string of the molecule is O=C(O)c1ccc2c(c1)nnn2Cc1ccccc1. The van der Waals surface area contributed by atoms with Crippen molar-refractivity contribution >= 4 is 17.0 Å². The third kappa shape index (κ3) is 2.18. The number of aromatic nitrogens is 3. The van der Waals surface area contributed by atoms with Gasteiger partial charge in [-0.25, -0.2) is 9.48 Å². The molecule has 0 bridgehead atoms. The van der Waals surface area contributed by atoms with Gasteiger partial charge in [-0.2, -0.15) is 0 Å². The standard InChI is InChI=1S/C14H11N3O2/c18-14(19)11-6-7-13-12(8-11)15-16-17(13)9-10-4-2-1-3-5-10/h1-8H,9H2,(H,18,19). The molecule has 3 aromatic rings. The normalized spacial score (nSPS) is 10.7. The Morgan fingerprint density at radius 1 is 1.16 bits per heavy atom. The molecule has 0 atom stereocenters. The molecule has 0 unspecified atom stereocenters. The molecule has 0 spiro atoms. The van der Waals surface area contributed by atoms with E-state index in [1.54, 1.807) is 16.8 Å². The van der Waals surface area contributed by atoms with Crippen LogP contribution in [-0.4, -0.2) is 26.1 Å². The number of hydrogen-bond donors (Lipinski definition) is 1. The second-order valence-corrected chi connectivity index (χ2v) is 4.24. The predicted octanol–water partition coefficient (Wildman–Crippen LogP) is 2.18. The van der Waals surface area contributed by atoms with E-state index in [0.29, 0.717) is 12.1 Å². The summed E-state index contributed by atoms with van der Waals surface area (Å²) in [6.07, 6.45) is 0. The third-order valence-electron chi connectivity index (χ3n) is 2.94. The average Bonchev–Trinajstić information content (AvgIpc) is 2.82. The number of carboxylic acids is 1. The van der Waals surface area contributed by atoms with Crippen LogP contribution < -0.4 is 0 Å². The second-order valence-electron chi connectivity index (χ2n) is 4.24. The molecule has 5 heteroatoms. The third-order valence-corrected chi connectivity index (χ3v) is 2.94. The number of rotatable bonds is 3. The first-order valence-corrected chi connectivity index (χ1v) is 5.84. The van der Waals surface area contributed by atoms with E-state index in [1.165, 1.54) is 6.07 Å². The Hall–Kier alpha value is -2.69. The van der Waals surface area contributed by atoms with Gasteiger partial charge in [0.2, 0.25) is 0 Å². The first-order chi connectivity index (χ1) is 9.24. The fourth-order valence-corrected chi connectivity index (χ4v) is 1.98. The van der Waals surface area contributed by atoms with Gasteiger partial charge in [0.05, 0.1) is 17.6 Å². The molecule has 0 radical (unpaired) electrons. The summed E-state index contributed by atoms with van der Waals surface area (Å²) in [4.78, 5) is 10.9. The molecule has 5 nitrogen and oxygen atoms in total. The first kappa shape index (κ1) is 11.4. The van der Waals surface area contributed by atoms with E-state index in [9.17, 15) is 4.79 Å². The largest absolute Gasteiger partial charge is 0.478 e. The minimum Gasteiger partial charge on any atom is -0.478 e. The molecule has 2 aromatic carbocycles. The Labute approximate surface area is 109 Å². The van der Waals surface area contributed by atoms with E-state index < -0.39 is 5.97 Å². The van der Waals surface area contributed by atoms with Crippen molar-refractivity contribution in [3.63, 3.8) is 0 Å². The molecule has 3 rings (SSSR count). The highest BCUT2D eigenvalue weighted by Crippen LogP contribution is 2.15. The summed E-state index contributed by atoms with van der Waals surface area (Å²) in [6, 6.07) is 14.8. The molecule has 0 aliphatic heterocycles. The molecule has 0 amide bonds. The molecule has 1 N–H and O–H groups in total. The lowest BCUT2D eigenvalue weighted by atomic mass is 10.2. The minimum absolute atomic E-state index is 0.222. The molecule has 1 heterocycles. The van der Waals surface area contributed by atoms with Crippen LogP contribution in [0.25, 0.3) is 11.0 Å². The number of carbonyl (C=O) groups is 1. The maximum atomic E-state index is 10.9. The van der Waals surface area contributed by atoms with Gasteiger partial charge < -0.3 is 5.11 Å². The average molecular weight is 253 g/mol.